The number of para-hydroxylation sites is 2. The Morgan fingerprint density at radius 2 is 0.935 bits per heavy atom. The van der Waals surface area contributed by atoms with Crippen molar-refractivity contribution in [2.45, 2.75) is 63.5 Å². The van der Waals surface area contributed by atoms with Crippen molar-refractivity contribution < 1.29 is 98.1 Å². The third-order valence-electron chi connectivity index (χ3n) is 7.98. The zero-order valence-electron chi connectivity index (χ0n) is 25.7. The zero-order chi connectivity index (χ0) is 31.4. The maximum absolute atomic E-state index is 11.9. The van der Waals surface area contributed by atoms with Crippen molar-refractivity contribution in [2.24, 2.45) is 0 Å². The first kappa shape index (κ1) is 37.2. The number of hydrogen-bond donors (Lipinski definition) is 2. The number of imide groups is 2. The molecule has 6 rings (SSSR count). The van der Waals surface area contributed by atoms with E-state index >= 15 is 0 Å². The number of likely N-dealkylation sites (tertiary alicyclic amines) is 2. The molecule has 2 fully saturated rings. The van der Waals surface area contributed by atoms with Crippen LogP contribution in [0.2, 0.25) is 0 Å². The second-order valence-corrected chi connectivity index (χ2v) is 10.8. The van der Waals surface area contributed by atoms with Crippen molar-refractivity contribution in [3.63, 3.8) is 0 Å². The number of aromatic nitrogens is 2. The maximum Gasteiger partial charge on any atom is 1.00 e. The van der Waals surface area contributed by atoms with Gasteiger partial charge >= 0.3 is 59.1 Å². The van der Waals surface area contributed by atoms with Crippen molar-refractivity contribution >= 4 is 57.4 Å². The van der Waals surface area contributed by atoms with Gasteiger partial charge in [-0.3, -0.25) is 29.0 Å². The summed E-state index contributed by atoms with van der Waals surface area (Å²) in [6.45, 7) is 0. The molecule has 4 amide bonds. The number of amides is 4. The van der Waals surface area contributed by atoms with Gasteiger partial charge < -0.3 is 29.8 Å². The minimum atomic E-state index is -1.41. The van der Waals surface area contributed by atoms with Crippen LogP contribution in [-0.4, -0.2) is 67.4 Å². The van der Waals surface area contributed by atoms with Crippen molar-refractivity contribution in [2.75, 3.05) is 0 Å². The Bertz CT molecular complexity index is 1610. The number of nitrogens with one attached hydrogen (secondary N) is 2. The molecule has 2 aliphatic rings. The van der Waals surface area contributed by atoms with Gasteiger partial charge in [0.05, 0.1) is 24.0 Å². The Morgan fingerprint density at radius 1 is 0.609 bits per heavy atom. The zero-order valence-corrected chi connectivity index (χ0v) is 29.7. The van der Waals surface area contributed by atoms with Gasteiger partial charge in [-0.15, -0.1) is 0 Å². The first-order valence-electron chi connectivity index (χ1n) is 14.4. The molecule has 46 heavy (non-hydrogen) atoms. The number of piperidine rings is 2. The molecule has 0 radical (unpaired) electrons. The van der Waals surface area contributed by atoms with Crippen LogP contribution in [0.1, 0.15) is 49.7 Å². The number of benzene rings is 2. The predicted octanol–water partition coefficient (Wildman–Crippen LogP) is -5.26. The summed E-state index contributed by atoms with van der Waals surface area (Å²) in [4.78, 5) is 78.6. The number of rotatable bonds is 8. The molecule has 0 unspecified atom stereocenters. The van der Waals surface area contributed by atoms with E-state index in [0.29, 0.717) is 12.8 Å². The molecule has 0 saturated carbocycles. The van der Waals surface area contributed by atoms with E-state index in [1.165, 1.54) is 0 Å². The third-order valence-corrected chi connectivity index (χ3v) is 7.98. The Hall–Kier alpha value is -3.26. The second kappa shape index (κ2) is 16.5. The quantitative estimate of drug-likeness (QED) is 0.141. The van der Waals surface area contributed by atoms with Crippen LogP contribution >= 0.6 is 0 Å². The van der Waals surface area contributed by atoms with Gasteiger partial charge in [0, 0.05) is 72.7 Å². The second-order valence-electron chi connectivity index (χ2n) is 10.8. The van der Waals surface area contributed by atoms with Crippen LogP contribution in [0.15, 0.2) is 60.9 Å². The number of carboxylic acids is 2. The van der Waals surface area contributed by atoms with Crippen LogP contribution in [0.3, 0.4) is 0 Å². The number of fused-ring (bicyclic) bond motifs is 2. The van der Waals surface area contributed by atoms with E-state index in [9.17, 15) is 39.0 Å². The summed E-state index contributed by atoms with van der Waals surface area (Å²) in [6.07, 6.45) is 5.24. The summed E-state index contributed by atoms with van der Waals surface area (Å²) < 4.78 is 0. The predicted molar refractivity (Wildman–Crippen MR) is 153 cm³/mol. The monoisotopic (exact) mass is 644 g/mol. The minimum absolute atomic E-state index is 0. The van der Waals surface area contributed by atoms with Gasteiger partial charge in [-0.1, -0.05) is 36.4 Å². The molecular weight excluding hydrogens is 614 g/mol. The van der Waals surface area contributed by atoms with Gasteiger partial charge in [-0.25, -0.2) is 0 Å². The first-order chi connectivity index (χ1) is 21.2. The van der Waals surface area contributed by atoms with Crippen LogP contribution < -0.4 is 69.3 Å². The molecule has 0 bridgehead atoms. The SMILES string of the molecule is O=C([O-])[C@H](Cc1c[nH]c2ccccc12)N1C(=O)CCCC1=O.O=C([O-])[C@H](Cc1c[nH]c2ccccc12)N1C(=O)CCCC1=O.[Na+].[Na+]. The fourth-order valence-electron chi connectivity index (χ4n) is 5.81. The molecule has 12 nitrogen and oxygen atoms in total. The van der Waals surface area contributed by atoms with E-state index < -0.39 is 47.7 Å². The van der Waals surface area contributed by atoms with Crippen LogP contribution in [0.4, 0.5) is 0 Å². The van der Waals surface area contributed by atoms with Gasteiger partial charge in [0.15, 0.2) is 0 Å². The average molecular weight is 645 g/mol. The number of aromatic amines is 2. The molecule has 4 aromatic rings. The van der Waals surface area contributed by atoms with E-state index in [2.05, 4.69) is 9.97 Å². The third kappa shape index (κ3) is 8.17. The summed E-state index contributed by atoms with van der Waals surface area (Å²) in [6, 6.07) is 12.4. The molecule has 4 heterocycles. The van der Waals surface area contributed by atoms with Gasteiger partial charge in [0.25, 0.3) is 0 Å². The van der Waals surface area contributed by atoms with Gasteiger partial charge in [0.2, 0.25) is 23.6 Å². The molecule has 2 aromatic heterocycles. The molecule has 2 aromatic carbocycles. The Balaban J connectivity index is 0.000000240. The van der Waals surface area contributed by atoms with Crippen LogP contribution in [0.5, 0.6) is 0 Å². The van der Waals surface area contributed by atoms with Gasteiger partial charge in [-0.05, 0) is 36.1 Å². The molecule has 2 saturated heterocycles. The topological polar surface area (TPSA) is 187 Å². The molecule has 228 valence electrons. The number of carbonyl (C=O) groups excluding carboxylic acids is 6. The number of aliphatic carboxylic acids is 2. The minimum Gasteiger partial charge on any atom is -0.548 e. The number of hydrogen-bond acceptors (Lipinski definition) is 8. The average Bonchev–Trinajstić information content (AvgIpc) is 3.60. The number of H-pyrrole nitrogens is 2. The van der Waals surface area contributed by atoms with Crippen molar-refractivity contribution in [3.05, 3.63) is 72.1 Å². The molecule has 0 spiro atoms. The van der Waals surface area contributed by atoms with Crippen molar-refractivity contribution in [1.29, 1.82) is 0 Å². The summed E-state index contributed by atoms with van der Waals surface area (Å²) in [5.41, 5.74) is 3.25. The normalized spacial score (nSPS) is 16.3. The summed E-state index contributed by atoms with van der Waals surface area (Å²) in [7, 11) is 0. The fourth-order valence-corrected chi connectivity index (χ4v) is 5.81. The number of carbonyl (C=O) groups is 6. The molecule has 14 heteroatoms. The Morgan fingerprint density at radius 3 is 1.26 bits per heavy atom. The molecule has 2 N–H and O–H groups in total. The van der Waals surface area contributed by atoms with E-state index in [1.54, 1.807) is 12.4 Å². The largest absolute Gasteiger partial charge is 1.00 e. The number of nitrogens with zero attached hydrogens (tertiary/aromatic N) is 2. The number of carboxylic acid groups (broad SMARTS) is 2. The van der Waals surface area contributed by atoms with Crippen LogP contribution in [0, 0.1) is 0 Å². The van der Waals surface area contributed by atoms with E-state index in [0.717, 1.165) is 42.7 Å². The van der Waals surface area contributed by atoms with Crippen molar-refractivity contribution in [3.8, 4) is 0 Å². The van der Waals surface area contributed by atoms with Gasteiger partial charge in [-0.2, -0.15) is 0 Å². The standard InChI is InChI=1S/2C16H16N2O4.2Na/c2*19-14-6-3-7-15(20)18(14)13(16(21)22)8-10-9-17-12-5-2-1-4-11(10)12;;/h2*1-2,4-5,9,13,17H,3,6-8H2,(H,21,22);;/q;;2*+1/p-2/t2*13-;;/m00../s1. The Labute approximate surface area is 308 Å². The van der Waals surface area contributed by atoms with E-state index in [4.69, 9.17) is 0 Å². The van der Waals surface area contributed by atoms with E-state index in [-0.39, 0.29) is 97.6 Å². The summed E-state index contributed by atoms with van der Waals surface area (Å²) >= 11 is 0. The van der Waals surface area contributed by atoms with Gasteiger partial charge in [0.1, 0.15) is 0 Å². The van der Waals surface area contributed by atoms with Crippen molar-refractivity contribution in [1.82, 2.24) is 19.8 Å². The molecule has 2 aliphatic heterocycles. The summed E-state index contributed by atoms with van der Waals surface area (Å²) in [5.74, 6) is -4.58. The fraction of sp³-hybridized carbons (Fsp3) is 0.312. The molecular formula is C32H30N4Na2O8. The Kier molecular flexibility index (Phi) is 13.4. The maximum atomic E-state index is 11.9. The van der Waals surface area contributed by atoms with Crippen LogP contribution in [-0.2, 0) is 41.6 Å². The first-order valence-corrected chi connectivity index (χ1v) is 14.4. The molecule has 0 aliphatic carbocycles. The van der Waals surface area contributed by atoms with E-state index in [1.807, 2.05) is 48.5 Å². The van der Waals surface area contributed by atoms with Crippen LogP contribution in [0.25, 0.3) is 21.8 Å². The summed E-state index contributed by atoms with van der Waals surface area (Å²) in [5, 5.41) is 24.7. The molecule has 2 atom stereocenters. The smallest absolute Gasteiger partial charge is 0.548 e.